The Kier molecular flexibility index (Phi) is 3.91. The van der Waals surface area contributed by atoms with Gasteiger partial charge in [0.1, 0.15) is 0 Å². The van der Waals surface area contributed by atoms with Gasteiger partial charge in [0, 0.05) is 24.0 Å². The van der Waals surface area contributed by atoms with Crippen LogP contribution in [0.3, 0.4) is 0 Å². The van der Waals surface area contributed by atoms with E-state index in [4.69, 9.17) is 0 Å². The van der Waals surface area contributed by atoms with Crippen molar-refractivity contribution in [1.82, 2.24) is 24.7 Å². The Morgan fingerprint density at radius 3 is 2.36 bits per heavy atom. The summed E-state index contributed by atoms with van der Waals surface area (Å²) in [5.41, 5.74) is 0.682. The van der Waals surface area contributed by atoms with Crippen LogP contribution in [0.5, 0.6) is 0 Å². The summed E-state index contributed by atoms with van der Waals surface area (Å²) in [6.45, 7) is 0. The van der Waals surface area contributed by atoms with Crippen LogP contribution in [-0.2, 0) is 0 Å². The number of halogens is 4. The normalized spacial score (nSPS) is 14.1. The van der Waals surface area contributed by atoms with Gasteiger partial charge in [0.2, 0.25) is 0 Å². The van der Waals surface area contributed by atoms with Crippen LogP contribution in [0.25, 0.3) is 11.4 Å². The number of nitrogens with zero attached hydrogens (tertiary/aromatic N) is 5. The first-order chi connectivity index (χ1) is 12.1. The SMILES string of the molecule is Fc1nc(F)c(F)c(Sc2nnc(-c3cccnc3)n2C2CC2)c1F. The molecule has 0 atom stereocenters. The van der Waals surface area contributed by atoms with E-state index in [9.17, 15) is 17.6 Å². The van der Waals surface area contributed by atoms with Gasteiger partial charge in [0.05, 0.1) is 4.90 Å². The first-order valence-electron chi connectivity index (χ1n) is 7.29. The van der Waals surface area contributed by atoms with Crippen molar-refractivity contribution in [3.8, 4) is 11.4 Å². The topological polar surface area (TPSA) is 56.5 Å². The average molecular weight is 367 g/mol. The smallest absolute Gasteiger partial charge is 0.252 e. The quantitative estimate of drug-likeness (QED) is 0.519. The highest BCUT2D eigenvalue weighted by molar-refractivity contribution is 7.99. The molecule has 4 rings (SSSR count). The lowest BCUT2D eigenvalue weighted by molar-refractivity contribution is 0.383. The van der Waals surface area contributed by atoms with Crippen molar-refractivity contribution in [1.29, 1.82) is 0 Å². The van der Waals surface area contributed by atoms with E-state index in [2.05, 4.69) is 20.2 Å². The number of hydrogen-bond acceptors (Lipinski definition) is 5. The molecule has 0 amide bonds. The summed E-state index contributed by atoms with van der Waals surface area (Å²) in [6, 6.07) is 3.56. The highest BCUT2D eigenvalue weighted by Gasteiger charge is 2.32. The minimum absolute atomic E-state index is 0.0651. The molecule has 3 aromatic heterocycles. The van der Waals surface area contributed by atoms with E-state index in [1.807, 2.05) is 0 Å². The van der Waals surface area contributed by atoms with Crippen LogP contribution in [0, 0.1) is 23.5 Å². The number of aromatic nitrogens is 5. The van der Waals surface area contributed by atoms with Crippen molar-refractivity contribution in [3.05, 3.63) is 48.1 Å². The Labute approximate surface area is 143 Å². The second kappa shape index (κ2) is 6.10. The van der Waals surface area contributed by atoms with Crippen molar-refractivity contribution in [2.24, 2.45) is 0 Å². The minimum atomic E-state index is -1.70. The van der Waals surface area contributed by atoms with Gasteiger partial charge in [0.25, 0.3) is 11.9 Å². The summed E-state index contributed by atoms with van der Waals surface area (Å²) in [4.78, 5) is 5.73. The molecule has 1 saturated carbocycles. The van der Waals surface area contributed by atoms with Crippen molar-refractivity contribution in [2.75, 3.05) is 0 Å². The Morgan fingerprint density at radius 1 is 1.04 bits per heavy atom. The van der Waals surface area contributed by atoms with Crippen LogP contribution in [0.15, 0.2) is 34.6 Å². The van der Waals surface area contributed by atoms with Crippen molar-refractivity contribution >= 4 is 11.8 Å². The molecular formula is C15H9F4N5S. The van der Waals surface area contributed by atoms with Crippen LogP contribution >= 0.6 is 11.8 Å². The molecule has 25 heavy (non-hydrogen) atoms. The van der Waals surface area contributed by atoms with Crippen molar-refractivity contribution in [3.63, 3.8) is 0 Å². The summed E-state index contributed by atoms with van der Waals surface area (Å²) in [6.07, 6.45) is 4.89. The van der Waals surface area contributed by atoms with Gasteiger partial charge in [-0.3, -0.25) is 9.55 Å². The van der Waals surface area contributed by atoms with Crippen LogP contribution in [-0.4, -0.2) is 24.7 Å². The molecule has 0 N–H and O–H groups in total. The molecule has 10 heteroatoms. The van der Waals surface area contributed by atoms with Crippen molar-refractivity contribution < 1.29 is 17.6 Å². The first kappa shape index (κ1) is 16.0. The van der Waals surface area contributed by atoms with E-state index < -0.39 is 28.4 Å². The summed E-state index contributed by atoms with van der Waals surface area (Å²) < 4.78 is 56.1. The lowest BCUT2D eigenvalue weighted by Crippen LogP contribution is -2.04. The van der Waals surface area contributed by atoms with Crippen LogP contribution in [0.1, 0.15) is 18.9 Å². The largest absolute Gasteiger partial charge is 0.299 e. The molecule has 1 aliphatic carbocycles. The van der Waals surface area contributed by atoms with Gasteiger partial charge in [-0.2, -0.15) is 13.8 Å². The van der Waals surface area contributed by atoms with Gasteiger partial charge in [-0.1, -0.05) is 0 Å². The molecule has 128 valence electrons. The summed E-state index contributed by atoms with van der Waals surface area (Å²) >= 11 is 0.479. The Morgan fingerprint density at radius 2 is 1.76 bits per heavy atom. The molecular weight excluding hydrogens is 358 g/mol. The molecule has 0 aromatic carbocycles. The van der Waals surface area contributed by atoms with E-state index in [1.165, 1.54) is 0 Å². The zero-order chi connectivity index (χ0) is 17.6. The van der Waals surface area contributed by atoms with E-state index in [0.717, 1.165) is 12.8 Å². The summed E-state index contributed by atoms with van der Waals surface area (Å²) in [7, 11) is 0. The third kappa shape index (κ3) is 2.86. The van der Waals surface area contributed by atoms with Gasteiger partial charge in [0.15, 0.2) is 22.6 Å². The molecule has 5 nitrogen and oxygen atoms in total. The van der Waals surface area contributed by atoms with E-state index in [1.54, 1.807) is 29.1 Å². The van der Waals surface area contributed by atoms with Gasteiger partial charge in [-0.05, 0) is 36.7 Å². The van der Waals surface area contributed by atoms with Crippen LogP contribution in [0.2, 0.25) is 0 Å². The molecule has 3 heterocycles. The fraction of sp³-hybridized carbons (Fsp3) is 0.200. The molecule has 0 spiro atoms. The Balaban J connectivity index is 1.79. The van der Waals surface area contributed by atoms with E-state index in [0.29, 0.717) is 23.1 Å². The molecule has 0 saturated heterocycles. The van der Waals surface area contributed by atoms with Gasteiger partial charge in [-0.25, -0.2) is 8.78 Å². The maximum Gasteiger partial charge on any atom is 0.252 e. The van der Waals surface area contributed by atoms with E-state index >= 15 is 0 Å². The predicted octanol–water partition coefficient (Wildman–Crippen LogP) is 3.78. The second-order valence-electron chi connectivity index (χ2n) is 5.40. The van der Waals surface area contributed by atoms with Gasteiger partial charge < -0.3 is 0 Å². The van der Waals surface area contributed by atoms with Crippen LogP contribution in [0.4, 0.5) is 17.6 Å². The number of hydrogen-bond donors (Lipinski definition) is 0. The first-order valence-corrected chi connectivity index (χ1v) is 8.11. The third-order valence-electron chi connectivity index (χ3n) is 3.65. The molecule has 3 aromatic rings. The van der Waals surface area contributed by atoms with Gasteiger partial charge >= 0.3 is 0 Å². The lowest BCUT2D eigenvalue weighted by Gasteiger charge is -2.09. The maximum absolute atomic E-state index is 13.9. The van der Waals surface area contributed by atoms with E-state index in [-0.39, 0.29) is 11.2 Å². The summed E-state index contributed by atoms with van der Waals surface area (Å²) in [5.74, 6) is -6.04. The number of pyridine rings is 2. The number of rotatable bonds is 4. The van der Waals surface area contributed by atoms with Crippen molar-refractivity contribution in [2.45, 2.75) is 28.9 Å². The van der Waals surface area contributed by atoms with Crippen LogP contribution < -0.4 is 0 Å². The second-order valence-corrected chi connectivity index (χ2v) is 6.38. The lowest BCUT2D eigenvalue weighted by atomic mass is 10.3. The summed E-state index contributed by atoms with van der Waals surface area (Å²) in [5, 5.41) is 8.13. The zero-order valence-corrected chi connectivity index (χ0v) is 13.3. The fourth-order valence-electron chi connectivity index (χ4n) is 2.35. The standard InChI is InChI=1S/C15H9F4N5S/c16-9-11(10(17)13(19)21-12(9)18)25-15-23-22-14(24(15)8-3-4-8)7-2-1-5-20-6-7/h1-2,5-6,8H,3-4H2. The molecule has 0 unspecified atom stereocenters. The molecule has 0 radical (unpaired) electrons. The van der Waals surface area contributed by atoms with Gasteiger partial charge in [-0.15, -0.1) is 10.2 Å². The fourth-order valence-corrected chi connectivity index (χ4v) is 3.30. The highest BCUT2D eigenvalue weighted by atomic mass is 32.2. The maximum atomic E-state index is 13.9. The Hall–Kier alpha value is -2.49. The molecule has 1 fully saturated rings. The highest BCUT2D eigenvalue weighted by Crippen LogP contribution is 2.43. The minimum Gasteiger partial charge on any atom is -0.299 e. The third-order valence-corrected chi connectivity index (χ3v) is 4.67. The monoisotopic (exact) mass is 367 g/mol. The molecule has 0 bridgehead atoms. The average Bonchev–Trinajstić information content (AvgIpc) is 3.37. The molecule has 1 aliphatic rings. The Bertz CT molecular complexity index is 917. The molecule has 0 aliphatic heterocycles. The predicted molar refractivity (Wildman–Crippen MR) is 79.7 cm³/mol. The zero-order valence-electron chi connectivity index (χ0n) is 12.5.